The molecule has 5 nitrogen and oxygen atoms in total. The van der Waals surface area contributed by atoms with Crippen LogP contribution in [-0.2, 0) is 6.54 Å². The number of halogens is 1. The van der Waals surface area contributed by atoms with Crippen molar-refractivity contribution in [3.05, 3.63) is 16.9 Å². The van der Waals surface area contributed by atoms with Crippen LogP contribution in [0.5, 0.6) is 0 Å². The van der Waals surface area contributed by atoms with Gasteiger partial charge in [0.1, 0.15) is 5.69 Å². The molecule has 1 unspecified atom stereocenters. The average Bonchev–Trinajstić information content (AvgIpc) is 2.75. The molecule has 0 spiro atoms. The van der Waals surface area contributed by atoms with Crippen LogP contribution in [0.15, 0.2) is 6.20 Å². The molecule has 0 saturated heterocycles. The molecule has 0 radical (unpaired) electrons. The number of carbonyl (C=O) groups excluding carboxylic acids is 1. The Morgan fingerprint density at radius 2 is 2.21 bits per heavy atom. The monoisotopic (exact) mass is 286 g/mol. The predicted octanol–water partition coefficient (Wildman–Crippen LogP) is 1.66. The number of hydrogen-bond donors (Lipinski definition) is 1. The molecule has 2 N–H and O–H groups in total. The van der Waals surface area contributed by atoms with Gasteiger partial charge in [-0.3, -0.25) is 9.48 Å². The Balaban J connectivity index is 3.05. The SMILES string of the molecule is CCC(C)(CN)C(=O)c1c(Cl)cnn1CCN(C)C. The van der Waals surface area contributed by atoms with Gasteiger partial charge >= 0.3 is 0 Å². The molecule has 0 aliphatic heterocycles. The molecule has 1 aromatic rings. The van der Waals surface area contributed by atoms with Crippen LogP contribution < -0.4 is 5.73 Å². The van der Waals surface area contributed by atoms with E-state index in [0.29, 0.717) is 30.2 Å². The van der Waals surface area contributed by atoms with Crippen LogP contribution in [0, 0.1) is 5.41 Å². The minimum Gasteiger partial charge on any atom is -0.329 e. The van der Waals surface area contributed by atoms with Gasteiger partial charge in [-0.2, -0.15) is 5.10 Å². The number of Topliss-reactive ketones (excluding diaryl/α,β-unsaturated/α-hetero) is 1. The van der Waals surface area contributed by atoms with Crippen LogP contribution in [-0.4, -0.2) is 47.6 Å². The highest BCUT2D eigenvalue weighted by Gasteiger charge is 2.34. The average molecular weight is 287 g/mol. The van der Waals surface area contributed by atoms with E-state index < -0.39 is 5.41 Å². The number of likely N-dealkylation sites (N-methyl/N-ethyl adjacent to an activating group) is 1. The molecule has 1 atom stereocenters. The first-order chi connectivity index (χ1) is 8.85. The summed E-state index contributed by atoms with van der Waals surface area (Å²) < 4.78 is 1.67. The van der Waals surface area contributed by atoms with Crippen molar-refractivity contribution in [2.45, 2.75) is 26.8 Å². The van der Waals surface area contributed by atoms with E-state index in [2.05, 4.69) is 5.10 Å². The molecular formula is C13H23ClN4O. The number of rotatable bonds is 7. The van der Waals surface area contributed by atoms with Crippen molar-refractivity contribution in [3.63, 3.8) is 0 Å². The summed E-state index contributed by atoms with van der Waals surface area (Å²) in [6, 6.07) is 0. The molecule has 0 bridgehead atoms. The van der Waals surface area contributed by atoms with Gasteiger partial charge in [0.15, 0.2) is 5.78 Å². The standard InChI is InChI=1S/C13H23ClN4O/c1-5-13(2,9-15)12(19)11-10(14)8-16-18(11)7-6-17(3)4/h8H,5-7,9,15H2,1-4H3. The number of nitrogens with two attached hydrogens (primary N) is 1. The molecule has 108 valence electrons. The predicted molar refractivity (Wildman–Crippen MR) is 77.6 cm³/mol. The van der Waals surface area contributed by atoms with E-state index in [1.807, 2.05) is 32.8 Å². The van der Waals surface area contributed by atoms with Crippen LogP contribution >= 0.6 is 11.6 Å². The second-order valence-corrected chi connectivity index (χ2v) is 5.72. The van der Waals surface area contributed by atoms with Crippen molar-refractivity contribution in [1.82, 2.24) is 14.7 Å². The first kappa shape index (κ1) is 16.1. The second-order valence-electron chi connectivity index (χ2n) is 5.31. The lowest BCUT2D eigenvalue weighted by molar-refractivity contribution is 0.0807. The molecule has 1 rings (SSSR count). The highest BCUT2D eigenvalue weighted by atomic mass is 35.5. The Kier molecular flexibility index (Phi) is 5.52. The molecule has 0 aliphatic carbocycles. The zero-order valence-electron chi connectivity index (χ0n) is 12.1. The first-order valence-electron chi connectivity index (χ1n) is 6.46. The highest BCUT2D eigenvalue weighted by Crippen LogP contribution is 2.28. The van der Waals surface area contributed by atoms with Gasteiger partial charge in [0.05, 0.1) is 17.8 Å². The fourth-order valence-electron chi connectivity index (χ4n) is 1.74. The molecule has 19 heavy (non-hydrogen) atoms. The van der Waals surface area contributed by atoms with Crippen molar-refractivity contribution < 1.29 is 4.79 Å². The van der Waals surface area contributed by atoms with Gasteiger partial charge in [-0.25, -0.2) is 0 Å². The molecule has 0 fully saturated rings. The van der Waals surface area contributed by atoms with E-state index in [9.17, 15) is 4.79 Å². The second kappa shape index (κ2) is 6.50. The van der Waals surface area contributed by atoms with E-state index in [-0.39, 0.29) is 5.78 Å². The van der Waals surface area contributed by atoms with Crippen LogP contribution in [0.4, 0.5) is 0 Å². The van der Waals surface area contributed by atoms with Crippen molar-refractivity contribution in [3.8, 4) is 0 Å². The zero-order chi connectivity index (χ0) is 14.6. The molecule has 0 amide bonds. The fraction of sp³-hybridized carbons (Fsp3) is 0.692. The number of carbonyl (C=O) groups is 1. The van der Waals surface area contributed by atoms with Crippen molar-refractivity contribution >= 4 is 17.4 Å². The zero-order valence-corrected chi connectivity index (χ0v) is 12.9. The normalized spacial score (nSPS) is 14.7. The largest absolute Gasteiger partial charge is 0.329 e. The van der Waals surface area contributed by atoms with E-state index >= 15 is 0 Å². The molecule has 6 heteroatoms. The quantitative estimate of drug-likeness (QED) is 0.774. The summed E-state index contributed by atoms with van der Waals surface area (Å²) in [5.41, 5.74) is 5.63. The van der Waals surface area contributed by atoms with Gasteiger partial charge < -0.3 is 10.6 Å². The smallest absolute Gasteiger partial charge is 0.189 e. The minimum absolute atomic E-state index is 0.0289. The van der Waals surface area contributed by atoms with E-state index in [0.717, 1.165) is 6.54 Å². The lowest BCUT2D eigenvalue weighted by atomic mass is 9.81. The minimum atomic E-state index is -0.584. The van der Waals surface area contributed by atoms with Crippen molar-refractivity contribution in [1.29, 1.82) is 0 Å². The Hall–Kier alpha value is -0.910. The lowest BCUT2D eigenvalue weighted by Gasteiger charge is -2.25. The van der Waals surface area contributed by atoms with E-state index in [1.165, 1.54) is 6.20 Å². The van der Waals surface area contributed by atoms with Crippen molar-refractivity contribution in [2.75, 3.05) is 27.2 Å². The Bertz CT molecular complexity index is 438. The van der Waals surface area contributed by atoms with Crippen LogP contribution in [0.2, 0.25) is 5.02 Å². The number of ketones is 1. The summed E-state index contributed by atoms with van der Waals surface area (Å²) in [5.74, 6) is -0.0289. The summed E-state index contributed by atoms with van der Waals surface area (Å²) >= 11 is 6.12. The summed E-state index contributed by atoms with van der Waals surface area (Å²) in [4.78, 5) is 14.7. The molecule has 0 aliphatic rings. The van der Waals surface area contributed by atoms with Gasteiger partial charge in [0.25, 0.3) is 0 Å². The van der Waals surface area contributed by atoms with Crippen LogP contribution in [0.3, 0.4) is 0 Å². The molecular weight excluding hydrogens is 264 g/mol. The topological polar surface area (TPSA) is 64.2 Å². The maximum absolute atomic E-state index is 12.6. The summed E-state index contributed by atoms with van der Waals surface area (Å²) in [6.07, 6.45) is 2.20. The summed E-state index contributed by atoms with van der Waals surface area (Å²) in [6.45, 7) is 5.56. The van der Waals surface area contributed by atoms with Gasteiger partial charge in [0, 0.05) is 18.5 Å². The third-order valence-corrected chi connectivity index (χ3v) is 3.82. The van der Waals surface area contributed by atoms with Gasteiger partial charge in [0.2, 0.25) is 0 Å². The lowest BCUT2D eigenvalue weighted by Crippen LogP contribution is -2.37. The van der Waals surface area contributed by atoms with Gasteiger partial charge in [-0.05, 0) is 20.5 Å². The third-order valence-electron chi connectivity index (χ3n) is 3.55. The van der Waals surface area contributed by atoms with Crippen LogP contribution in [0.25, 0.3) is 0 Å². The van der Waals surface area contributed by atoms with Crippen molar-refractivity contribution in [2.24, 2.45) is 11.1 Å². The number of hydrogen-bond acceptors (Lipinski definition) is 4. The molecule has 0 aromatic carbocycles. The Morgan fingerprint density at radius 1 is 1.58 bits per heavy atom. The third kappa shape index (κ3) is 3.55. The van der Waals surface area contributed by atoms with Crippen LogP contribution in [0.1, 0.15) is 30.8 Å². The Morgan fingerprint density at radius 3 is 2.68 bits per heavy atom. The first-order valence-corrected chi connectivity index (χ1v) is 6.84. The number of nitrogens with zero attached hydrogens (tertiary/aromatic N) is 3. The van der Waals surface area contributed by atoms with E-state index in [1.54, 1.807) is 4.68 Å². The molecule has 1 aromatic heterocycles. The Labute approximate surface area is 119 Å². The molecule has 1 heterocycles. The maximum Gasteiger partial charge on any atom is 0.189 e. The highest BCUT2D eigenvalue weighted by molar-refractivity contribution is 6.33. The fourth-order valence-corrected chi connectivity index (χ4v) is 1.96. The molecule has 0 saturated carbocycles. The van der Waals surface area contributed by atoms with Gasteiger partial charge in [-0.1, -0.05) is 25.4 Å². The van der Waals surface area contributed by atoms with Gasteiger partial charge in [-0.15, -0.1) is 0 Å². The summed E-state index contributed by atoms with van der Waals surface area (Å²) in [5, 5.41) is 4.59. The maximum atomic E-state index is 12.6. The summed E-state index contributed by atoms with van der Waals surface area (Å²) in [7, 11) is 3.95. The van der Waals surface area contributed by atoms with E-state index in [4.69, 9.17) is 17.3 Å². The number of aromatic nitrogens is 2.